The number of cyclic esters (lactones) is 1. The molecular formula is C28H40O8. The maximum atomic E-state index is 13.3. The molecule has 0 aromatic carbocycles. The second-order valence-electron chi connectivity index (χ2n) is 13.6. The van der Waals surface area contributed by atoms with Crippen molar-refractivity contribution in [2.45, 2.75) is 114 Å². The summed E-state index contributed by atoms with van der Waals surface area (Å²) >= 11 is 0. The fourth-order valence-electron chi connectivity index (χ4n) is 9.71. The van der Waals surface area contributed by atoms with Gasteiger partial charge in [0.25, 0.3) is 0 Å². The topological polar surface area (TPSA) is 137 Å². The molecule has 4 N–H and O–H groups in total. The second kappa shape index (κ2) is 7.00. The highest BCUT2D eigenvalue weighted by molar-refractivity contribution is 5.98. The predicted octanol–water partition coefficient (Wildman–Crippen LogP) is 1.66. The largest absolute Gasteiger partial charge is 0.459 e. The van der Waals surface area contributed by atoms with Crippen LogP contribution in [0.4, 0.5) is 0 Å². The average molecular weight is 505 g/mol. The van der Waals surface area contributed by atoms with Gasteiger partial charge in [-0.2, -0.15) is 0 Å². The maximum absolute atomic E-state index is 13.3. The van der Waals surface area contributed by atoms with E-state index in [-0.39, 0.29) is 36.1 Å². The zero-order valence-electron chi connectivity index (χ0n) is 21.9. The van der Waals surface area contributed by atoms with E-state index in [0.29, 0.717) is 32.1 Å². The lowest BCUT2D eigenvalue weighted by Gasteiger charge is -2.61. The van der Waals surface area contributed by atoms with E-state index in [1.165, 1.54) is 6.08 Å². The maximum Gasteiger partial charge on any atom is 0.311 e. The van der Waals surface area contributed by atoms with Crippen LogP contribution in [0.5, 0.6) is 0 Å². The molecule has 0 bridgehead atoms. The van der Waals surface area contributed by atoms with Crippen molar-refractivity contribution in [2.75, 3.05) is 0 Å². The van der Waals surface area contributed by atoms with Crippen molar-refractivity contribution in [2.24, 2.45) is 34.5 Å². The third-order valence-corrected chi connectivity index (χ3v) is 12.4. The summed E-state index contributed by atoms with van der Waals surface area (Å²) in [4.78, 5) is 25.9. The summed E-state index contributed by atoms with van der Waals surface area (Å²) in [6.07, 6.45) is 4.00. The molecule has 36 heavy (non-hydrogen) atoms. The Morgan fingerprint density at radius 1 is 1.08 bits per heavy atom. The van der Waals surface area contributed by atoms with E-state index < -0.39 is 57.3 Å². The molecule has 0 aromatic heterocycles. The Balaban J connectivity index is 1.34. The summed E-state index contributed by atoms with van der Waals surface area (Å²) < 4.78 is 11.8. The number of aliphatic hydroxyl groups is 4. The number of hydrogen-bond donors (Lipinski definition) is 4. The van der Waals surface area contributed by atoms with Gasteiger partial charge in [-0.1, -0.05) is 6.92 Å². The second-order valence-corrected chi connectivity index (χ2v) is 13.6. The van der Waals surface area contributed by atoms with Gasteiger partial charge in [-0.05, 0) is 89.7 Å². The van der Waals surface area contributed by atoms with Crippen molar-refractivity contribution < 1.29 is 39.5 Å². The molecule has 5 fully saturated rings. The molecule has 1 spiro atoms. The van der Waals surface area contributed by atoms with Crippen LogP contribution in [0.1, 0.15) is 73.1 Å². The number of carbonyl (C=O) groups excluding carboxylic acids is 2. The molecule has 8 heteroatoms. The third kappa shape index (κ3) is 2.58. The summed E-state index contributed by atoms with van der Waals surface area (Å²) in [6.45, 7) is 8.70. The first-order chi connectivity index (χ1) is 16.6. The Kier molecular flexibility index (Phi) is 4.86. The average Bonchev–Trinajstić information content (AvgIpc) is 3.47. The van der Waals surface area contributed by atoms with Gasteiger partial charge in [0.15, 0.2) is 5.78 Å². The van der Waals surface area contributed by atoms with Crippen LogP contribution in [0.15, 0.2) is 12.2 Å². The molecule has 6 aliphatic rings. The van der Waals surface area contributed by atoms with E-state index in [2.05, 4.69) is 0 Å². The van der Waals surface area contributed by atoms with Crippen molar-refractivity contribution in [1.82, 2.24) is 0 Å². The number of rotatable bonds is 2. The molecule has 8 nitrogen and oxygen atoms in total. The highest BCUT2D eigenvalue weighted by atomic mass is 16.6. The number of hydrogen-bond acceptors (Lipinski definition) is 8. The Morgan fingerprint density at radius 3 is 2.42 bits per heavy atom. The quantitative estimate of drug-likeness (QED) is 0.329. The van der Waals surface area contributed by atoms with Crippen molar-refractivity contribution in [3.8, 4) is 0 Å². The Morgan fingerprint density at radius 2 is 1.75 bits per heavy atom. The van der Waals surface area contributed by atoms with Crippen molar-refractivity contribution in [1.29, 1.82) is 0 Å². The SMILES string of the molecule is C[C@H]1C(=O)OC([C@](C)(O)[C@@]2(O)CC[C@H]3[C@@H]4C[C@H]5O[C@]56[C@@H](O)C=CC(=O)[C@]6(C)[C@H]4CC[C@@]32C)C[C@@]1(C)O. The van der Waals surface area contributed by atoms with Crippen molar-refractivity contribution in [3.63, 3.8) is 0 Å². The molecule has 4 aliphatic carbocycles. The van der Waals surface area contributed by atoms with Gasteiger partial charge in [-0.3, -0.25) is 9.59 Å². The zero-order valence-corrected chi connectivity index (χ0v) is 21.9. The van der Waals surface area contributed by atoms with Gasteiger partial charge in [0.1, 0.15) is 29.0 Å². The number of esters is 1. The standard InChI is InChI=1S/C28H40O8/c1-14-22(31)35-21(13-24(14,3)32)26(5,33)27(34)11-9-16-15-12-20-28(36-20)19(30)7-6-18(29)25(28,4)17(15)8-10-23(16,27)2/h6-7,14-17,19-21,30,32-34H,8-13H2,1-5H3/t14-,15-,16-,17-,19-,20+,21?,23-,24+,25-,26-,27+,28+/m0/s1. The zero-order chi connectivity index (χ0) is 26.3. The van der Waals surface area contributed by atoms with Gasteiger partial charge in [0.05, 0.1) is 23.0 Å². The molecule has 1 unspecified atom stereocenters. The number of ketones is 1. The number of allylic oxidation sites excluding steroid dienone is 1. The molecule has 200 valence electrons. The molecular weight excluding hydrogens is 464 g/mol. The van der Waals surface area contributed by atoms with E-state index in [1.807, 2.05) is 13.8 Å². The lowest BCUT2D eigenvalue weighted by atomic mass is 9.43. The van der Waals surface area contributed by atoms with E-state index >= 15 is 0 Å². The number of aliphatic hydroxyl groups excluding tert-OH is 1. The molecule has 3 saturated carbocycles. The highest BCUT2D eigenvalue weighted by Gasteiger charge is 2.81. The molecule has 2 aliphatic heterocycles. The van der Waals surface area contributed by atoms with E-state index in [9.17, 15) is 30.0 Å². The fraction of sp³-hybridized carbons (Fsp3) is 0.857. The third-order valence-electron chi connectivity index (χ3n) is 12.4. The predicted molar refractivity (Wildman–Crippen MR) is 127 cm³/mol. The molecule has 0 radical (unpaired) electrons. The van der Waals surface area contributed by atoms with Gasteiger partial charge in [-0.15, -0.1) is 0 Å². The Bertz CT molecular complexity index is 1050. The van der Waals surface area contributed by atoms with E-state index in [0.717, 1.165) is 0 Å². The van der Waals surface area contributed by atoms with E-state index in [4.69, 9.17) is 9.47 Å². The minimum absolute atomic E-state index is 0.000623. The van der Waals surface area contributed by atoms with Crippen LogP contribution in [-0.4, -0.2) is 72.9 Å². The first kappa shape index (κ1) is 25.0. The molecule has 2 heterocycles. The van der Waals surface area contributed by atoms with Crippen LogP contribution in [0, 0.1) is 34.5 Å². The van der Waals surface area contributed by atoms with Gasteiger partial charge < -0.3 is 29.9 Å². The van der Waals surface area contributed by atoms with Crippen LogP contribution in [0.25, 0.3) is 0 Å². The van der Waals surface area contributed by atoms with Gasteiger partial charge in [-0.25, -0.2) is 0 Å². The van der Waals surface area contributed by atoms with E-state index in [1.54, 1.807) is 26.8 Å². The summed E-state index contributed by atoms with van der Waals surface area (Å²) in [5, 5.41) is 46.0. The van der Waals surface area contributed by atoms with Gasteiger partial charge >= 0.3 is 5.97 Å². The molecule has 2 saturated heterocycles. The minimum Gasteiger partial charge on any atom is -0.459 e. The molecule has 6 rings (SSSR count). The summed E-state index contributed by atoms with van der Waals surface area (Å²) in [6, 6.07) is 0. The van der Waals surface area contributed by atoms with Crippen molar-refractivity contribution >= 4 is 11.8 Å². The summed E-state index contributed by atoms with van der Waals surface area (Å²) in [7, 11) is 0. The first-order valence-electron chi connectivity index (χ1n) is 13.5. The monoisotopic (exact) mass is 504 g/mol. The van der Waals surface area contributed by atoms with Crippen LogP contribution in [0.2, 0.25) is 0 Å². The van der Waals surface area contributed by atoms with Crippen LogP contribution in [-0.2, 0) is 19.1 Å². The number of ether oxygens (including phenoxy) is 2. The molecule has 0 aromatic rings. The van der Waals surface area contributed by atoms with Gasteiger partial charge in [0, 0.05) is 11.8 Å². The summed E-state index contributed by atoms with van der Waals surface area (Å²) in [5.41, 5.74) is -7.04. The first-order valence-corrected chi connectivity index (χ1v) is 13.5. The van der Waals surface area contributed by atoms with Crippen LogP contribution >= 0.6 is 0 Å². The number of epoxide rings is 1. The Hall–Kier alpha value is -1.32. The fourth-order valence-corrected chi connectivity index (χ4v) is 9.71. The van der Waals surface area contributed by atoms with Crippen molar-refractivity contribution in [3.05, 3.63) is 12.2 Å². The minimum atomic E-state index is -1.78. The highest BCUT2D eigenvalue weighted by Crippen LogP contribution is 2.74. The van der Waals surface area contributed by atoms with Crippen LogP contribution < -0.4 is 0 Å². The smallest absolute Gasteiger partial charge is 0.311 e. The number of carbonyl (C=O) groups is 2. The lowest BCUT2D eigenvalue weighted by Crippen LogP contribution is -2.70. The number of fused-ring (bicyclic) bond motifs is 4. The normalized spacial score (nSPS) is 59.2. The van der Waals surface area contributed by atoms with Gasteiger partial charge in [0.2, 0.25) is 0 Å². The summed E-state index contributed by atoms with van der Waals surface area (Å²) in [5.74, 6) is -1.17. The Labute approximate surface area is 212 Å². The van der Waals surface area contributed by atoms with Crippen LogP contribution in [0.3, 0.4) is 0 Å². The molecule has 13 atom stereocenters. The molecule has 0 amide bonds. The lowest BCUT2D eigenvalue weighted by molar-refractivity contribution is -0.270.